The molecule has 2 rings (SSSR count). The van der Waals surface area contributed by atoms with E-state index in [2.05, 4.69) is 10.6 Å². The van der Waals surface area contributed by atoms with Gasteiger partial charge in [0.25, 0.3) is 0 Å². The van der Waals surface area contributed by atoms with Crippen LogP contribution in [-0.4, -0.2) is 26.3 Å². The fourth-order valence-electron chi connectivity index (χ4n) is 2.26. The molecule has 0 aliphatic heterocycles. The number of aryl methyl sites for hydroxylation is 3. The van der Waals surface area contributed by atoms with E-state index in [1.54, 1.807) is 7.11 Å². The number of ether oxygens (including phenoxy) is 2. The molecule has 0 saturated carbocycles. The average molecular weight is 328 g/mol. The number of hydrogen-bond acceptors (Lipinski definition) is 3. The molecule has 0 spiro atoms. The quantitative estimate of drug-likeness (QED) is 0.793. The summed E-state index contributed by atoms with van der Waals surface area (Å²) >= 11 is 0. The molecule has 5 nitrogen and oxygen atoms in total. The smallest absolute Gasteiger partial charge is 0.319 e. The zero-order valence-corrected chi connectivity index (χ0v) is 14.6. The van der Waals surface area contributed by atoms with Crippen molar-refractivity contribution in [3.05, 3.63) is 53.1 Å². The Kier molecular flexibility index (Phi) is 6.07. The van der Waals surface area contributed by atoms with Gasteiger partial charge in [-0.05, 0) is 55.7 Å². The van der Waals surface area contributed by atoms with Gasteiger partial charge in [0.2, 0.25) is 0 Å². The number of carbonyl (C=O) groups is 1. The van der Waals surface area contributed by atoms with E-state index >= 15 is 0 Å². The van der Waals surface area contributed by atoms with Gasteiger partial charge in [-0.1, -0.05) is 18.2 Å². The second-order valence-corrected chi connectivity index (χ2v) is 5.70. The second-order valence-electron chi connectivity index (χ2n) is 5.70. The van der Waals surface area contributed by atoms with Crippen molar-refractivity contribution in [1.29, 1.82) is 0 Å². The summed E-state index contributed by atoms with van der Waals surface area (Å²) < 4.78 is 10.9. The Bertz CT molecular complexity index is 714. The lowest BCUT2D eigenvalue weighted by Crippen LogP contribution is -2.32. The third-order valence-corrected chi connectivity index (χ3v) is 3.61. The van der Waals surface area contributed by atoms with Crippen LogP contribution in [0.5, 0.6) is 11.5 Å². The number of urea groups is 1. The van der Waals surface area contributed by atoms with Crippen molar-refractivity contribution < 1.29 is 14.3 Å². The topological polar surface area (TPSA) is 59.6 Å². The Morgan fingerprint density at radius 2 is 1.71 bits per heavy atom. The largest absolute Gasteiger partial charge is 0.493 e. The van der Waals surface area contributed by atoms with Crippen LogP contribution >= 0.6 is 0 Å². The van der Waals surface area contributed by atoms with Crippen LogP contribution in [0.3, 0.4) is 0 Å². The molecule has 2 aromatic carbocycles. The van der Waals surface area contributed by atoms with E-state index in [4.69, 9.17) is 9.47 Å². The highest BCUT2D eigenvalue weighted by atomic mass is 16.5. The molecule has 0 heterocycles. The molecule has 0 bridgehead atoms. The van der Waals surface area contributed by atoms with E-state index in [-0.39, 0.29) is 6.03 Å². The summed E-state index contributed by atoms with van der Waals surface area (Å²) in [5.74, 6) is 1.36. The van der Waals surface area contributed by atoms with Crippen LogP contribution in [0.25, 0.3) is 0 Å². The van der Waals surface area contributed by atoms with Crippen molar-refractivity contribution in [2.75, 3.05) is 25.6 Å². The van der Waals surface area contributed by atoms with Crippen LogP contribution in [0, 0.1) is 20.8 Å². The lowest BCUT2D eigenvalue weighted by atomic mass is 10.1. The average Bonchev–Trinajstić information content (AvgIpc) is 2.56. The molecule has 0 aliphatic rings. The van der Waals surface area contributed by atoms with Crippen LogP contribution in [0.2, 0.25) is 0 Å². The number of methoxy groups -OCH3 is 1. The van der Waals surface area contributed by atoms with Crippen LogP contribution in [0.15, 0.2) is 36.4 Å². The second kappa shape index (κ2) is 8.24. The first-order chi connectivity index (χ1) is 11.5. The van der Waals surface area contributed by atoms with Gasteiger partial charge in [-0.3, -0.25) is 0 Å². The van der Waals surface area contributed by atoms with Gasteiger partial charge in [-0.15, -0.1) is 0 Å². The molecule has 24 heavy (non-hydrogen) atoms. The van der Waals surface area contributed by atoms with Gasteiger partial charge in [-0.2, -0.15) is 0 Å². The zero-order chi connectivity index (χ0) is 17.5. The predicted molar refractivity (Wildman–Crippen MR) is 96.2 cm³/mol. The van der Waals surface area contributed by atoms with Gasteiger partial charge in [0.15, 0.2) is 11.5 Å². The van der Waals surface area contributed by atoms with E-state index in [9.17, 15) is 4.79 Å². The molecule has 5 heteroatoms. The summed E-state index contributed by atoms with van der Waals surface area (Å²) in [6.07, 6.45) is 0. The first kappa shape index (κ1) is 17.7. The van der Waals surface area contributed by atoms with Gasteiger partial charge < -0.3 is 20.1 Å². The Hall–Kier alpha value is -2.69. The van der Waals surface area contributed by atoms with Crippen LogP contribution < -0.4 is 20.1 Å². The Morgan fingerprint density at radius 3 is 2.46 bits per heavy atom. The first-order valence-electron chi connectivity index (χ1n) is 7.89. The van der Waals surface area contributed by atoms with E-state index in [0.717, 1.165) is 22.4 Å². The molecule has 0 saturated heterocycles. The highest BCUT2D eigenvalue weighted by molar-refractivity contribution is 5.90. The van der Waals surface area contributed by atoms with Crippen LogP contribution in [0.4, 0.5) is 10.5 Å². The minimum Gasteiger partial charge on any atom is -0.493 e. The lowest BCUT2D eigenvalue weighted by molar-refractivity contribution is 0.246. The fourth-order valence-corrected chi connectivity index (χ4v) is 2.26. The van der Waals surface area contributed by atoms with Crippen LogP contribution in [0.1, 0.15) is 16.7 Å². The summed E-state index contributed by atoms with van der Waals surface area (Å²) in [7, 11) is 1.61. The normalized spacial score (nSPS) is 10.2. The Morgan fingerprint density at radius 1 is 1.00 bits per heavy atom. The molecule has 2 N–H and O–H groups in total. The molecule has 0 fully saturated rings. The summed E-state index contributed by atoms with van der Waals surface area (Å²) in [4.78, 5) is 12.0. The maximum atomic E-state index is 12.0. The molecule has 0 unspecified atom stereocenters. The van der Waals surface area contributed by atoms with Gasteiger partial charge in [0.1, 0.15) is 6.61 Å². The number of carbonyl (C=O) groups excluding carboxylic acids is 1. The van der Waals surface area contributed by atoms with E-state index < -0.39 is 0 Å². The predicted octanol–water partition coefficient (Wildman–Crippen LogP) is 3.82. The molecule has 0 aromatic heterocycles. The van der Waals surface area contributed by atoms with Gasteiger partial charge >= 0.3 is 6.03 Å². The number of hydrogen-bond donors (Lipinski definition) is 2. The monoisotopic (exact) mass is 328 g/mol. The third-order valence-electron chi connectivity index (χ3n) is 3.61. The van der Waals surface area contributed by atoms with Gasteiger partial charge in [0, 0.05) is 5.69 Å². The van der Waals surface area contributed by atoms with Crippen molar-refractivity contribution >= 4 is 11.7 Å². The van der Waals surface area contributed by atoms with E-state index in [0.29, 0.717) is 24.7 Å². The molecule has 0 aliphatic carbocycles. The number of anilines is 1. The number of amides is 2. The minimum atomic E-state index is -0.247. The molecule has 0 radical (unpaired) electrons. The lowest BCUT2D eigenvalue weighted by Gasteiger charge is -2.13. The summed E-state index contributed by atoms with van der Waals surface area (Å²) in [6.45, 7) is 6.70. The van der Waals surface area contributed by atoms with E-state index in [1.807, 2.05) is 57.2 Å². The Labute approximate surface area is 143 Å². The maximum Gasteiger partial charge on any atom is 0.319 e. The van der Waals surface area contributed by atoms with E-state index in [1.165, 1.54) is 0 Å². The minimum absolute atomic E-state index is 0.247. The Balaban J connectivity index is 1.80. The molecular formula is C19H24N2O3. The molecule has 2 amide bonds. The summed E-state index contributed by atoms with van der Waals surface area (Å²) in [5, 5.41) is 5.63. The molecule has 128 valence electrons. The van der Waals surface area contributed by atoms with Crippen LogP contribution in [-0.2, 0) is 0 Å². The van der Waals surface area contributed by atoms with Gasteiger partial charge in [-0.25, -0.2) is 4.79 Å². The zero-order valence-electron chi connectivity index (χ0n) is 14.6. The highest BCUT2D eigenvalue weighted by Crippen LogP contribution is 2.27. The van der Waals surface area contributed by atoms with Crippen molar-refractivity contribution in [2.24, 2.45) is 0 Å². The first-order valence-corrected chi connectivity index (χ1v) is 7.89. The number of benzene rings is 2. The van der Waals surface area contributed by atoms with Crippen molar-refractivity contribution in [3.8, 4) is 11.5 Å². The number of nitrogens with one attached hydrogen (secondary N) is 2. The maximum absolute atomic E-state index is 12.0. The summed E-state index contributed by atoms with van der Waals surface area (Å²) in [5.41, 5.74) is 4.04. The molecule has 2 aromatic rings. The third kappa shape index (κ3) is 4.91. The number of rotatable bonds is 6. The fraction of sp³-hybridized carbons (Fsp3) is 0.316. The van der Waals surface area contributed by atoms with Crippen molar-refractivity contribution in [3.63, 3.8) is 0 Å². The standard InChI is InChI=1S/C19H24N2O3/c1-13-5-7-15(3)16(11-13)21-19(22)20-9-10-24-17-8-6-14(2)12-18(17)23-4/h5-8,11-12H,9-10H2,1-4H3,(H2,20,21,22). The summed E-state index contributed by atoms with van der Waals surface area (Å²) in [6, 6.07) is 11.4. The van der Waals surface area contributed by atoms with Gasteiger partial charge in [0.05, 0.1) is 13.7 Å². The van der Waals surface area contributed by atoms with Crippen molar-refractivity contribution in [1.82, 2.24) is 5.32 Å². The molecular weight excluding hydrogens is 304 g/mol. The molecule has 0 atom stereocenters. The highest BCUT2D eigenvalue weighted by Gasteiger charge is 2.06. The van der Waals surface area contributed by atoms with Crippen molar-refractivity contribution in [2.45, 2.75) is 20.8 Å². The SMILES string of the molecule is COc1cc(C)ccc1OCCNC(=O)Nc1cc(C)ccc1C.